The van der Waals surface area contributed by atoms with Gasteiger partial charge in [0.1, 0.15) is 5.75 Å². The molecule has 3 aromatic carbocycles. The van der Waals surface area contributed by atoms with Crippen molar-refractivity contribution in [1.29, 1.82) is 0 Å². The molecule has 6 nitrogen and oxygen atoms in total. The van der Waals surface area contributed by atoms with Gasteiger partial charge in [-0.05, 0) is 86.5 Å². The fourth-order valence-electron chi connectivity index (χ4n) is 3.97. The highest BCUT2D eigenvalue weighted by atomic mass is 79.9. The van der Waals surface area contributed by atoms with Crippen LogP contribution in [0.3, 0.4) is 0 Å². The number of rotatable bonds is 10. The van der Waals surface area contributed by atoms with Crippen LogP contribution >= 0.6 is 38.9 Å². The second-order valence-electron chi connectivity index (χ2n) is 10.7. The number of nitrogens with zero attached hydrogens (tertiary/aromatic N) is 3. The smallest absolute Gasteiger partial charge is 0.216 e. The SMILES string of the molecule is CC(=O)NCCc1cc2ccc(Br)cc2s1.COc1ccc(C)c(C(=NC/C(C)=N/N=C(/C)C(C)C)c2ccc(Cl)cc2)c1. The van der Waals surface area contributed by atoms with E-state index in [-0.39, 0.29) is 5.91 Å². The predicted octanol–water partition coefficient (Wildman–Crippen LogP) is 9.33. The van der Waals surface area contributed by atoms with E-state index in [1.807, 2.05) is 62.4 Å². The lowest BCUT2D eigenvalue weighted by atomic mass is 9.97. The molecule has 44 heavy (non-hydrogen) atoms. The number of thiophene rings is 1. The molecule has 0 unspecified atom stereocenters. The summed E-state index contributed by atoms with van der Waals surface area (Å²) in [4.78, 5) is 16.9. The molecule has 232 valence electrons. The molecule has 0 bridgehead atoms. The number of carbonyl (C=O) groups excluding carboxylic acids is 1. The van der Waals surface area contributed by atoms with E-state index in [0.29, 0.717) is 24.0 Å². The summed E-state index contributed by atoms with van der Waals surface area (Å²) in [5.41, 5.74) is 5.88. The van der Waals surface area contributed by atoms with Crippen LogP contribution in [0.15, 0.2) is 86.4 Å². The molecule has 0 atom stereocenters. The fourth-order valence-corrected chi connectivity index (χ4v) is 5.71. The molecule has 0 saturated carbocycles. The van der Waals surface area contributed by atoms with Crippen LogP contribution in [0.4, 0.5) is 0 Å². The number of nitrogens with one attached hydrogen (secondary N) is 1. The third kappa shape index (κ3) is 11.0. The first-order valence-electron chi connectivity index (χ1n) is 14.4. The van der Waals surface area contributed by atoms with Crippen molar-refractivity contribution in [3.05, 3.63) is 97.8 Å². The van der Waals surface area contributed by atoms with Gasteiger partial charge in [-0.1, -0.05) is 65.6 Å². The van der Waals surface area contributed by atoms with E-state index in [0.717, 1.165) is 50.5 Å². The zero-order valence-corrected chi connectivity index (χ0v) is 29.5. The highest BCUT2D eigenvalue weighted by Crippen LogP contribution is 2.28. The van der Waals surface area contributed by atoms with Crippen LogP contribution in [0.25, 0.3) is 10.1 Å². The average Bonchev–Trinajstić information content (AvgIpc) is 3.39. The van der Waals surface area contributed by atoms with Gasteiger partial charge in [0, 0.05) is 49.4 Å². The molecular weight excluding hydrogens is 656 g/mol. The molecule has 1 aromatic heterocycles. The van der Waals surface area contributed by atoms with Crippen LogP contribution in [0, 0.1) is 12.8 Å². The average molecular weight is 696 g/mol. The minimum absolute atomic E-state index is 0.0313. The van der Waals surface area contributed by atoms with Crippen molar-refractivity contribution >= 4 is 72.0 Å². The molecule has 1 heterocycles. The first-order valence-corrected chi connectivity index (χ1v) is 16.4. The van der Waals surface area contributed by atoms with E-state index >= 15 is 0 Å². The largest absolute Gasteiger partial charge is 0.497 e. The van der Waals surface area contributed by atoms with Crippen LogP contribution in [0.1, 0.15) is 56.2 Å². The van der Waals surface area contributed by atoms with Gasteiger partial charge >= 0.3 is 0 Å². The van der Waals surface area contributed by atoms with Crippen LogP contribution < -0.4 is 10.1 Å². The molecular formula is C35H40BrClN4O2S. The Morgan fingerprint density at radius 3 is 2.39 bits per heavy atom. The summed E-state index contributed by atoms with van der Waals surface area (Å²) < 4.78 is 7.80. The van der Waals surface area contributed by atoms with Crippen molar-refractivity contribution in [3.8, 4) is 5.75 Å². The molecule has 0 saturated heterocycles. The number of hydrogen-bond acceptors (Lipinski definition) is 6. The van der Waals surface area contributed by atoms with Crippen molar-refractivity contribution in [2.24, 2.45) is 21.1 Å². The van der Waals surface area contributed by atoms with Crippen LogP contribution in [-0.4, -0.2) is 43.2 Å². The number of methoxy groups -OCH3 is 1. The van der Waals surface area contributed by atoms with Crippen molar-refractivity contribution in [2.45, 2.75) is 48.0 Å². The van der Waals surface area contributed by atoms with Crippen LogP contribution in [0.2, 0.25) is 5.02 Å². The summed E-state index contributed by atoms with van der Waals surface area (Å²) in [5.74, 6) is 1.21. The number of carbonyl (C=O) groups is 1. The molecule has 0 aliphatic carbocycles. The van der Waals surface area contributed by atoms with Gasteiger partial charge in [-0.15, -0.1) is 11.3 Å². The summed E-state index contributed by atoms with van der Waals surface area (Å²) in [6, 6.07) is 22.2. The number of hydrogen-bond donors (Lipinski definition) is 1. The molecule has 1 amide bonds. The first kappa shape index (κ1) is 35.2. The summed E-state index contributed by atoms with van der Waals surface area (Å²) in [6.45, 7) is 12.9. The monoisotopic (exact) mass is 694 g/mol. The Kier molecular flexibility index (Phi) is 13.8. The minimum Gasteiger partial charge on any atom is -0.497 e. The summed E-state index contributed by atoms with van der Waals surface area (Å²) >= 11 is 11.3. The van der Waals surface area contributed by atoms with Gasteiger partial charge in [-0.2, -0.15) is 10.2 Å². The molecule has 1 N–H and O–H groups in total. The Balaban J connectivity index is 0.000000278. The Morgan fingerprint density at radius 1 is 1.00 bits per heavy atom. The van der Waals surface area contributed by atoms with Crippen LogP contribution in [0.5, 0.6) is 5.75 Å². The molecule has 0 radical (unpaired) electrons. The normalized spacial score (nSPS) is 12.3. The van der Waals surface area contributed by atoms with E-state index in [9.17, 15) is 4.79 Å². The Morgan fingerprint density at radius 2 is 1.73 bits per heavy atom. The Bertz CT molecular complexity index is 1660. The van der Waals surface area contributed by atoms with Crippen molar-refractivity contribution < 1.29 is 9.53 Å². The van der Waals surface area contributed by atoms with Gasteiger partial charge in [-0.3, -0.25) is 9.79 Å². The zero-order chi connectivity index (χ0) is 32.2. The Labute approximate surface area is 278 Å². The van der Waals surface area contributed by atoms with Crippen LogP contribution in [-0.2, 0) is 11.2 Å². The maximum absolute atomic E-state index is 10.7. The lowest BCUT2D eigenvalue weighted by Gasteiger charge is -2.12. The van der Waals surface area contributed by atoms with E-state index < -0.39 is 0 Å². The van der Waals surface area contributed by atoms with Gasteiger partial charge in [-0.25, -0.2) is 0 Å². The molecule has 0 spiro atoms. The number of benzene rings is 3. The maximum atomic E-state index is 10.7. The number of ether oxygens (including phenoxy) is 1. The van der Waals surface area contributed by atoms with Crippen molar-refractivity contribution in [1.82, 2.24) is 5.32 Å². The lowest BCUT2D eigenvalue weighted by molar-refractivity contribution is -0.118. The highest BCUT2D eigenvalue weighted by molar-refractivity contribution is 9.10. The third-order valence-corrected chi connectivity index (χ3v) is 8.68. The van der Waals surface area contributed by atoms with E-state index in [2.05, 4.69) is 70.4 Å². The molecule has 0 aliphatic rings. The Hall–Kier alpha value is -3.33. The topological polar surface area (TPSA) is 75.4 Å². The van der Waals surface area contributed by atoms with Gasteiger partial charge in [0.15, 0.2) is 0 Å². The molecule has 4 aromatic rings. The second kappa shape index (κ2) is 17.2. The summed E-state index contributed by atoms with van der Waals surface area (Å²) in [6.07, 6.45) is 0.899. The lowest BCUT2D eigenvalue weighted by Crippen LogP contribution is -2.21. The number of aliphatic imine (C=N–C) groups is 1. The zero-order valence-electron chi connectivity index (χ0n) is 26.4. The summed E-state index contributed by atoms with van der Waals surface area (Å²) in [7, 11) is 1.67. The van der Waals surface area contributed by atoms with Gasteiger partial charge in [0.05, 0.1) is 25.1 Å². The van der Waals surface area contributed by atoms with Crippen molar-refractivity contribution in [3.63, 3.8) is 0 Å². The highest BCUT2D eigenvalue weighted by Gasteiger charge is 2.12. The standard InChI is InChI=1S/C23H28ClN3O.C12H12BrNOS/c1-15(2)18(5)27-26-17(4)14-25-23(19-8-10-20(24)11-9-19)22-13-21(28-6)12-7-16(22)3;1-8(15)14-5-4-11-6-9-2-3-10(13)7-12(9)16-11/h7-13,15H,14H2,1-6H3;2-3,6-7H,4-5H2,1H3,(H,14,15)/b25-23?,26-17+,27-18-;. The molecule has 0 fully saturated rings. The number of amides is 1. The maximum Gasteiger partial charge on any atom is 0.216 e. The fraction of sp³-hybridized carbons (Fsp3) is 0.314. The number of fused-ring (bicyclic) bond motifs is 1. The van der Waals surface area contributed by atoms with E-state index in [1.165, 1.54) is 15.0 Å². The quantitative estimate of drug-likeness (QED) is 0.133. The predicted molar refractivity (Wildman–Crippen MR) is 193 cm³/mol. The first-order chi connectivity index (χ1) is 21.0. The molecule has 4 rings (SSSR count). The molecule has 0 aliphatic heterocycles. The minimum atomic E-state index is 0.0313. The van der Waals surface area contributed by atoms with E-state index in [4.69, 9.17) is 21.3 Å². The third-order valence-electron chi connectivity index (χ3n) is 6.78. The number of halogens is 2. The second-order valence-corrected chi connectivity index (χ2v) is 13.2. The molecule has 9 heteroatoms. The summed E-state index contributed by atoms with van der Waals surface area (Å²) in [5, 5.41) is 13.4. The number of aryl methyl sites for hydroxylation is 1. The van der Waals surface area contributed by atoms with Gasteiger partial charge in [0.2, 0.25) is 5.91 Å². The van der Waals surface area contributed by atoms with E-state index in [1.54, 1.807) is 25.4 Å². The van der Waals surface area contributed by atoms with Crippen molar-refractivity contribution in [2.75, 3.05) is 20.2 Å². The van der Waals surface area contributed by atoms with Gasteiger partial charge < -0.3 is 10.1 Å². The van der Waals surface area contributed by atoms with Gasteiger partial charge in [0.25, 0.3) is 0 Å².